The number of halogens is 1. The Morgan fingerprint density at radius 3 is 2.53 bits per heavy atom. The van der Waals surface area contributed by atoms with E-state index in [0.717, 1.165) is 27.0 Å². The number of imidazole rings is 2. The molecule has 5 aromatic rings. The highest BCUT2D eigenvalue weighted by Crippen LogP contribution is 2.28. The first-order chi connectivity index (χ1) is 15.4. The van der Waals surface area contributed by atoms with Gasteiger partial charge in [0, 0.05) is 25.7 Å². The van der Waals surface area contributed by atoms with Gasteiger partial charge in [0.15, 0.2) is 11.2 Å². The van der Waals surface area contributed by atoms with Crippen LogP contribution < -0.4 is 11.2 Å². The van der Waals surface area contributed by atoms with Crippen LogP contribution in [0.1, 0.15) is 24.4 Å². The van der Waals surface area contributed by atoms with E-state index in [1.165, 1.54) is 11.6 Å². The van der Waals surface area contributed by atoms with E-state index in [1.807, 2.05) is 43.3 Å². The Morgan fingerprint density at radius 2 is 1.78 bits per heavy atom. The Morgan fingerprint density at radius 1 is 1.03 bits per heavy atom. The van der Waals surface area contributed by atoms with Crippen molar-refractivity contribution in [2.75, 3.05) is 0 Å². The van der Waals surface area contributed by atoms with Crippen molar-refractivity contribution in [2.24, 2.45) is 14.1 Å². The lowest BCUT2D eigenvalue weighted by atomic mass is 10.2. The summed E-state index contributed by atoms with van der Waals surface area (Å²) >= 11 is 6.23. The number of fused-ring (bicyclic) bond motifs is 2. The Bertz CT molecular complexity index is 1590. The number of rotatable bonds is 4. The number of aryl methyl sites for hydroxylation is 1. The molecule has 0 amide bonds. The summed E-state index contributed by atoms with van der Waals surface area (Å²) in [6.07, 6.45) is 1.59. The molecule has 0 bridgehead atoms. The van der Waals surface area contributed by atoms with Crippen molar-refractivity contribution in [3.8, 4) is 0 Å². The standard InChI is InChI=1S/C23H21ClN6O2/c1-14(30-13-25-21-19(30)22(31)28(3)23(32)27(21)2)20-26-17-11-16(24)9-10-18(17)29(20)12-15-7-5-4-6-8-15/h4-11,13-14H,12H2,1-3H3. The predicted octanol–water partition coefficient (Wildman–Crippen LogP) is 3.09. The van der Waals surface area contributed by atoms with Gasteiger partial charge in [-0.15, -0.1) is 0 Å². The molecule has 32 heavy (non-hydrogen) atoms. The van der Waals surface area contributed by atoms with Crippen molar-refractivity contribution in [1.82, 2.24) is 28.2 Å². The normalized spacial score (nSPS) is 12.6. The van der Waals surface area contributed by atoms with E-state index in [2.05, 4.69) is 21.7 Å². The van der Waals surface area contributed by atoms with Crippen LogP contribution in [0.3, 0.4) is 0 Å². The molecule has 1 unspecified atom stereocenters. The fraction of sp³-hybridized carbons (Fsp3) is 0.217. The molecule has 162 valence electrons. The summed E-state index contributed by atoms with van der Waals surface area (Å²) in [5.74, 6) is 0.765. The average Bonchev–Trinajstić information content (AvgIpc) is 3.38. The van der Waals surface area contributed by atoms with E-state index < -0.39 is 5.69 Å². The summed E-state index contributed by atoms with van der Waals surface area (Å²) in [7, 11) is 3.08. The maximum Gasteiger partial charge on any atom is 0.332 e. The number of aromatic nitrogens is 6. The second-order valence-corrected chi connectivity index (χ2v) is 8.32. The molecule has 0 aliphatic rings. The molecule has 0 radical (unpaired) electrons. The van der Waals surface area contributed by atoms with E-state index in [9.17, 15) is 9.59 Å². The smallest absolute Gasteiger partial charge is 0.322 e. The molecule has 0 aliphatic carbocycles. The maximum atomic E-state index is 13.0. The van der Waals surface area contributed by atoms with Crippen LogP contribution in [0, 0.1) is 0 Å². The van der Waals surface area contributed by atoms with Crippen molar-refractivity contribution in [3.63, 3.8) is 0 Å². The zero-order chi connectivity index (χ0) is 22.6. The SMILES string of the molecule is CC(c1nc2cc(Cl)ccc2n1Cc1ccccc1)n1cnc2c1c(=O)n(C)c(=O)n2C. The molecule has 0 N–H and O–H groups in total. The van der Waals surface area contributed by atoms with Crippen molar-refractivity contribution >= 4 is 33.8 Å². The first-order valence-electron chi connectivity index (χ1n) is 10.2. The monoisotopic (exact) mass is 448 g/mol. The molecular formula is C23H21ClN6O2. The van der Waals surface area contributed by atoms with Crippen LogP contribution in [0.25, 0.3) is 22.2 Å². The predicted molar refractivity (Wildman–Crippen MR) is 124 cm³/mol. The maximum absolute atomic E-state index is 13.0. The van der Waals surface area contributed by atoms with Gasteiger partial charge < -0.3 is 9.13 Å². The quantitative estimate of drug-likeness (QED) is 0.423. The highest BCUT2D eigenvalue weighted by molar-refractivity contribution is 6.31. The first kappa shape index (κ1) is 20.3. The van der Waals surface area contributed by atoms with E-state index >= 15 is 0 Å². The van der Waals surface area contributed by atoms with Gasteiger partial charge in [-0.2, -0.15) is 0 Å². The van der Waals surface area contributed by atoms with Gasteiger partial charge in [-0.05, 0) is 30.7 Å². The van der Waals surface area contributed by atoms with Crippen molar-refractivity contribution < 1.29 is 0 Å². The molecule has 3 heterocycles. The molecule has 0 saturated carbocycles. The Balaban J connectivity index is 1.74. The summed E-state index contributed by atoms with van der Waals surface area (Å²) in [6, 6.07) is 15.4. The van der Waals surface area contributed by atoms with Gasteiger partial charge in [-0.25, -0.2) is 14.8 Å². The fourth-order valence-corrected chi connectivity index (χ4v) is 4.32. The zero-order valence-electron chi connectivity index (χ0n) is 17.9. The van der Waals surface area contributed by atoms with Crippen LogP contribution in [0.4, 0.5) is 0 Å². The van der Waals surface area contributed by atoms with E-state index in [0.29, 0.717) is 22.7 Å². The van der Waals surface area contributed by atoms with E-state index in [1.54, 1.807) is 17.9 Å². The van der Waals surface area contributed by atoms with Crippen LogP contribution in [0.2, 0.25) is 5.02 Å². The van der Waals surface area contributed by atoms with Crippen LogP contribution in [-0.4, -0.2) is 28.2 Å². The Labute approximate surface area is 187 Å². The summed E-state index contributed by atoms with van der Waals surface area (Å²) < 4.78 is 6.39. The number of hydrogen-bond acceptors (Lipinski definition) is 4. The molecule has 2 aromatic carbocycles. The number of hydrogen-bond donors (Lipinski definition) is 0. The van der Waals surface area contributed by atoms with Crippen molar-refractivity contribution in [3.05, 3.63) is 92.1 Å². The van der Waals surface area contributed by atoms with E-state index in [4.69, 9.17) is 16.6 Å². The third-order valence-electron chi connectivity index (χ3n) is 5.89. The zero-order valence-corrected chi connectivity index (χ0v) is 18.6. The highest BCUT2D eigenvalue weighted by Gasteiger charge is 2.23. The molecule has 5 rings (SSSR count). The fourth-order valence-electron chi connectivity index (χ4n) is 4.15. The summed E-state index contributed by atoms with van der Waals surface area (Å²) in [6.45, 7) is 2.58. The average molecular weight is 449 g/mol. The summed E-state index contributed by atoms with van der Waals surface area (Å²) in [5.41, 5.74) is 2.76. The minimum absolute atomic E-state index is 0.319. The molecule has 0 fully saturated rings. The minimum Gasteiger partial charge on any atom is -0.322 e. The van der Waals surface area contributed by atoms with Crippen molar-refractivity contribution in [2.45, 2.75) is 19.5 Å². The van der Waals surface area contributed by atoms with E-state index in [-0.39, 0.29) is 11.6 Å². The molecule has 3 aromatic heterocycles. The van der Waals surface area contributed by atoms with Gasteiger partial charge >= 0.3 is 5.69 Å². The third-order valence-corrected chi connectivity index (χ3v) is 6.12. The van der Waals surface area contributed by atoms with Crippen LogP contribution in [-0.2, 0) is 20.6 Å². The van der Waals surface area contributed by atoms with Crippen LogP contribution >= 0.6 is 11.6 Å². The minimum atomic E-state index is -0.411. The van der Waals surface area contributed by atoms with Gasteiger partial charge in [0.25, 0.3) is 5.56 Å². The second kappa shape index (κ2) is 7.49. The van der Waals surface area contributed by atoms with Gasteiger partial charge in [0.1, 0.15) is 5.82 Å². The molecule has 0 saturated heterocycles. The molecule has 0 spiro atoms. The molecule has 8 nitrogen and oxygen atoms in total. The number of nitrogens with zero attached hydrogens (tertiary/aromatic N) is 6. The molecule has 1 atom stereocenters. The highest BCUT2D eigenvalue weighted by atomic mass is 35.5. The Hall–Kier alpha value is -3.65. The second-order valence-electron chi connectivity index (χ2n) is 7.88. The third kappa shape index (κ3) is 3.06. The van der Waals surface area contributed by atoms with Gasteiger partial charge in [0.2, 0.25) is 0 Å². The number of benzene rings is 2. The van der Waals surface area contributed by atoms with Crippen molar-refractivity contribution in [1.29, 1.82) is 0 Å². The van der Waals surface area contributed by atoms with Gasteiger partial charge in [0.05, 0.1) is 23.4 Å². The van der Waals surface area contributed by atoms with Crippen LogP contribution in [0.5, 0.6) is 0 Å². The molecule has 9 heteroatoms. The first-order valence-corrected chi connectivity index (χ1v) is 10.6. The lowest BCUT2D eigenvalue weighted by Crippen LogP contribution is -2.37. The summed E-state index contributed by atoms with van der Waals surface area (Å²) in [4.78, 5) is 34.5. The largest absolute Gasteiger partial charge is 0.332 e. The molecule has 0 aliphatic heterocycles. The van der Waals surface area contributed by atoms with Gasteiger partial charge in [-0.3, -0.25) is 13.9 Å². The summed E-state index contributed by atoms with van der Waals surface area (Å²) in [5, 5.41) is 0.609. The molecular weight excluding hydrogens is 428 g/mol. The lowest BCUT2D eigenvalue weighted by molar-refractivity contribution is 0.576. The Kier molecular flexibility index (Phi) is 4.74. The van der Waals surface area contributed by atoms with Gasteiger partial charge in [-0.1, -0.05) is 41.9 Å². The lowest BCUT2D eigenvalue weighted by Gasteiger charge is -2.17. The topological polar surface area (TPSA) is 79.6 Å². The van der Waals surface area contributed by atoms with Crippen LogP contribution in [0.15, 0.2) is 64.4 Å².